The summed E-state index contributed by atoms with van der Waals surface area (Å²) < 4.78 is 2.12. The van der Waals surface area contributed by atoms with Gasteiger partial charge >= 0.3 is 0 Å². The predicted octanol–water partition coefficient (Wildman–Crippen LogP) is 8.33. The number of phenolic OH excluding ortho intramolecular Hbond substituents is 1. The van der Waals surface area contributed by atoms with Crippen LogP contribution in [0.5, 0.6) is 5.75 Å². The van der Waals surface area contributed by atoms with Crippen molar-refractivity contribution in [2.24, 2.45) is 5.92 Å². The molecule has 0 atom stereocenters. The Kier molecular flexibility index (Phi) is 6.22. The molecule has 0 saturated carbocycles. The number of benzene rings is 4. The molecule has 6 aromatic rings. The van der Waals surface area contributed by atoms with E-state index in [0.717, 1.165) is 45.5 Å². The molecule has 0 radical (unpaired) electrons. The van der Waals surface area contributed by atoms with Gasteiger partial charge < -0.3 is 5.11 Å². The van der Waals surface area contributed by atoms with Crippen LogP contribution in [-0.2, 0) is 6.42 Å². The van der Waals surface area contributed by atoms with Crippen LogP contribution in [0.1, 0.15) is 19.4 Å². The van der Waals surface area contributed by atoms with E-state index in [1.54, 1.807) is 6.07 Å². The standard InChI is InChI=1S/C34H29N3O/c1-23(2)20-24-18-19-35-30(21-24)26-11-8-10-25(22-26)28-15-9-16-31-33(28)36-34(29-14-6-7-17-32(29)38)37(31)27-12-4-3-5-13-27/h3-19,21-23,38H,20H2,1-2H3. The summed E-state index contributed by atoms with van der Waals surface area (Å²) in [4.78, 5) is 9.81. The van der Waals surface area contributed by atoms with E-state index >= 15 is 0 Å². The molecule has 0 aliphatic carbocycles. The second-order valence-electron chi connectivity index (χ2n) is 10.0. The quantitative estimate of drug-likeness (QED) is 0.253. The first-order chi connectivity index (χ1) is 18.6. The molecule has 0 bridgehead atoms. The summed E-state index contributed by atoms with van der Waals surface area (Å²) in [6.45, 7) is 4.47. The third-order valence-electron chi connectivity index (χ3n) is 6.78. The monoisotopic (exact) mass is 495 g/mol. The Morgan fingerprint density at radius 1 is 0.737 bits per heavy atom. The van der Waals surface area contributed by atoms with Gasteiger partial charge in [0.15, 0.2) is 0 Å². The van der Waals surface area contributed by atoms with Crippen molar-refractivity contribution in [3.05, 3.63) is 121 Å². The molecule has 0 aliphatic heterocycles. The van der Waals surface area contributed by atoms with Crippen molar-refractivity contribution in [2.45, 2.75) is 20.3 Å². The van der Waals surface area contributed by atoms with Gasteiger partial charge in [0.05, 0.1) is 22.3 Å². The molecule has 0 spiro atoms. The second kappa shape index (κ2) is 9.98. The lowest BCUT2D eigenvalue weighted by Gasteiger charge is -2.11. The number of imidazole rings is 1. The minimum atomic E-state index is 0.205. The lowest BCUT2D eigenvalue weighted by molar-refractivity contribution is 0.477. The van der Waals surface area contributed by atoms with E-state index in [-0.39, 0.29) is 5.75 Å². The number of hydrogen-bond acceptors (Lipinski definition) is 3. The number of pyridine rings is 1. The summed E-state index contributed by atoms with van der Waals surface area (Å²) in [5, 5.41) is 10.7. The summed E-state index contributed by atoms with van der Waals surface area (Å²) in [6.07, 6.45) is 2.93. The third kappa shape index (κ3) is 4.46. The first kappa shape index (κ1) is 23.7. The van der Waals surface area contributed by atoms with Crippen LogP contribution in [0.2, 0.25) is 0 Å². The zero-order valence-corrected chi connectivity index (χ0v) is 21.5. The maximum Gasteiger partial charge on any atom is 0.149 e. The molecule has 6 rings (SSSR count). The zero-order valence-electron chi connectivity index (χ0n) is 21.5. The van der Waals surface area contributed by atoms with Gasteiger partial charge in [-0.05, 0) is 72.0 Å². The average molecular weight is 496 g/mol. The topological polar surface area (TPSA) is 50.9 Å². The molecule has 4 nitrogen and oxygen atoms in total. The van der Waals surface area contributed by atoms with Crippen molar-refractivity contribution in [3.8, 4) is 45.2 Å². The molecule has 0 unspecified atom stereocenters. The molecule has 0 fully saturated rings. The Morgan fingerprint density at radius 3 is 2.29 bits per heavy atom. The molecule has 4 heteroatoms. The Bertz CT molecular complexity index is 1730. The van der Waals surface area contributed by atoms with Crippen LogP contribution in [0.15, 0.2) is 115 Å². The van der Waals surface area contributed by atoms with E-state index in [1.807, 2.05) is 42.6 Å². The number of nitrogens with zero attached hydrogens (tertiary/aromatic N) is 3. The summed E-state index contributed by atoms with van der Waals surface area (Å²) in [5.41, 5.74) is 9.01. The summed E-state index contributed by atoms with van der Waals surface area (Å²) in [5.74, 6) is 1.50. The maximum absolute atomic E-state index is 10.7. The van der Waals surface area contributed by atoms with Crippen molar-refractivity contribution in [3.63, 3.8) is 0 Å². The fourth-order valence-electron chi connectivity index (χ4n) is 5.09. The molecule has 2 aromatic heterocycles. The van der Waals surface area contributed by atoms with Crippen LogP contribution >= 0.6 is 0 Å². The summed E-state index contributed by atoms with van der Waals surface area (Å²) in [7, 11) is 0. The van der Waals surface area contributed by atoms with Crippen LogP contribution in [-0.4, -0.2) is 19.6 Å². The fourth-order valence-corrected chi connectivity index (χ4v) is 5.09. The highest BCUT2D eigenvalue weighted by Gasteiger charge is 2.19. The van der Waals surface area contributed by atoms with E-state index < -0.39 is 0 Å². The minimum Gasteiger partial charge on any atom is -0.507 e. The summed E-state index contributed by atoms with van der Waals surface area (Å²) >= 11 is 0. The van der Waals surface area contributed by atoms with Crippen molar-refractivity contribution in [2.75, 3.05) is 0 Å². The van der Waals surface area contributed by atoms with Crippen LogP contribution in [0, 0.1) is 5.92 Å². The largest absolute Gasteiger partial charge is 0.507 e. The molecule has 186 valence electrons. The van der Waals surface area contributed by atoms with Crippen LogP contribution in [0.4, 0.5) is 0 Å². The van der Waals surface area contributed by atoms with E-state index in [4.69, 9.17) is 4.98 Å². The lowest BCUT2D eigenvalue weighted by Crippen LogP contribution is -1.97. The first-order valence-electron chi connectivity index (χ1n) is 13.0. The van der Waals surface area contributed by atoms with Gasteiger partial charge in [0.25, 0.3) is 0 Å². The predicted molar refractivity (Wildman–Crippen MR) is 155 cm³/mol. The van der Waals surface area contributed by atoms with Gasteiger partial charge in [0.2, 0.25) is 0 Å². The van der Waals surface area contributed by atoms with Crippen LogP contribution in [0.3, 0.4) is 0 Å². The second-order valence-corrected chi connectivity index (χ2v) is 10.0. The van der Waals surface area contributed by atoms with Crippen LogP contribution < -0.4 is 0 Å². The van der Waals surface area contributed by atoms with Gasteiger partial charge in [-0.3, -0.25) is 9.55 Å². The maximum atomic E-state index is 10.7. The molecular formula is C34H29N3O. The number of fused-ring (bicyclic) bond motifs is 1. The van der Waals surface area contributed by atoms with Crippen molar-refractivity contribution >= 4 is 11.0 Å². The fraction of sp³-hybridized carbons (Fsp3) is 0.118. The number of para-hydroxylation sites is 3. The van der Waals surface area contributed by atoms with Crippen LogP contribution in [0.25, 0.3) is 50.5 Å². The van der Waals surface area contributed by atoms with Gasteiger partial charge in [-0.2, -0.15) is 0 Å². The highest BCUT2D eigenvalue weighted by molar-refractivity contribution is 5.96. The van der Waals surface area contributed by atoms with Gasteiger partial charge in [-0.1, -0.05) is 74.5 Å². The van der Waals surface area contributed by atoms with Gasteiger partial charge in [0.1, 0.15) is 11.6 Å². The Hall–Kier alpha value is -4.70. The summed E-state index contributed by atoms with van der Waals surface area (Å²) in [6, 6.07) is 36.6. The van der Waals surface area contributed by atoms with Crippen molar-refractivity contribution < 1.29 is 5.11 Å². The Balaban J connectivity index is 1.53. The molecule has 1 N–H and O–H groups in total. The Morgan fingerprint density at radius 2 is 1.47 bits per heavy atom. The van der Waals surface area contributed by atoms with E-state index in [9.17, 15) is 5.11 Å². The lowest BCUT2D eigenvalue weighted by atomic mass is 9.98. The van der Waals surface area contributed by atoms with Gasteiger partial charge in [0, 0.05) is 23.0 Å². The SMILES string of the molecule is CC(C)Cc1ccnc(-c2cccc(-c3cccc4c3nc(-c3ccccc3O)n4-c3ccccc3)c2)c1. The van der Waals surface area contributed by atoms with Gasteiger partial charge in [-0.15, -0.1) is 0 Å². The molecule has 0 amide bonds. The van der Waals surface area contributed by atoms with E-state index in [2.05, 4.69) is 90.1 Å². The number of hydrogen-bond donors (Lipinski definition) is 1. The van der Waals surface area contributed by atoms with Crippen molar-refractivity contribution in [1.29, 1.82) is 0 Å². The number of aromatic nitrogens is 3. The zero-order chi connectivity index (χ0) is 26.1. The molecular weight excluding hydrogens is 466 g/mol. The number of rotatable bonds is 6. The number of phenols is 1. The number of aromatic hydroxyl groups is 1. The van der Waals surface area contributed by atoms with E-state index in [0.29, 0.717) is 17.3 Å². The molecule has 4 aromatic carbocycles. The molecule has 0 aliphatic rings. The normalized spacial score (nSPS) is 11.3. The third-order valence-corrected chi connectivity index (χ3v) is 6.78. The molecule has 38 heavy (non-hydrogen) atoms. The molecule has 2 heterocycles. The van der Waals surface area contributed by atoms with Crippen molar-refractivity contribution in [1.82, 2.24) is 14.5 Å². The highest BCUT2D eigenvalue weighted by Crippen LogP contribution is 2.37. The highest BCUT2D eigenvalue weighted by atomic mass is 16.3. The average Bonchev–Trinajstić information content (AvgIpc) is 3.33. The minimum absolute atomic E-state index is 0.205. The van der Waals surface area contributed by atoms with Gasteiger partial charge in [-0.25, -0.2) is 4.98 Å². The van der Waals surface area contributed by atoms with E-state index in [1.165, 1.54) is 5.56 Å². The Labute approximate surface area is 222 Å². The molecule has 0 saturated heterocycles. The first-order valence-corrected chi connectivity index (χ1v) is 13.0. The smallest absolute Gasteiger partial charge is 0.149 e.